The minimum absolute atomic E-state index is 0.0492. The van der Waals surface area contributed by atoms with Gasteiger partial charge in [-0.25, -0.2) is 8.42 Å². The molecule has 0 aliphatic heterocycles. The lowest BCUT2D eigenvalue weighted by Gasteiger charge is -2.21. The van der Waals surface area contributed by atoms with Crippen LogP contribution >= 0.6 is 0 Å². The maximum atomic E-state index is 13.2. The topological polar surface area (TPSA) is 94.3 Å². The van der Waals surface area contributed by atoms with Crippen LogP contribution in [0.25, 0.3) is 0 Å². The van der Waals surface area contributed by atoms with Gasteiger partial charge in [-0.05, 0) is 31.2 Å². The van der Waals surface area contributed by atoms with Gasteiger partial charge >= 0.3 is 0 Å². The fraction of sp³-hybridized carbons (Fsp3) is 0.0476. The predicted molar refractivity (Wildman–Crippen MR) is 101 cm³/mol. The maximum absolute atomic E-state index is 13.2. The third-order valence-corrected chi connectivity index (χ3v) is 6.50. The highest BCUT2D eigenvalue weighted by Gasteiger charge is 2.36. The molecule has 4 rings (SSSR count). The van der Waals surface area contributed by atoms with Crippen LogP contribution in [0.15, 0.2) is 70.5 Å². The minimum atomic E-state index is -4.00. The van der Waals surface area contributed by atoms with Crippen molar-refractivity contribution in [2.24, 2.45) is 0 Å². The number of rotatable bonds is 2. The number of hydrogen-bond donors (Lipinski definition) is 1. The van der Waals surface area contributed by atoms with Gasteiger partial charge in [0.1, 0.15) is 0 Å². The minimum Gasteiger partial charge on any atom is -0.398 e. The summed E-state index contributed by atoms with van der Waals surface area (Å²) >= 11 is 0. The molecular weight excluding hydrogens is 362 g/mol. The summed E-state index contributed by atoms with van der Waals surface area (Å²) in [6, 6.07) is 15.3. The van der Waals surface area contributed by atoms with Gasteiger partial charge in [0.05, 0.1) is 20.9 Å². The van der Waals surface area contributed by atoms with E-state index in [1.54, 1.807) is 30.3 Å². The molecule has 2 N–H and O–H groups in total. The molecule has 3 aromatic rings. The molecule has 6 heteroatoms. The Kier molecular flexibility index (Phi) is 3.75. The molecule has 0 unspecified atom stereocenters. The first-order chi connectivity index (χ1) is 12.8. The molecule has 0 spiro atoms. The second-order valence-electron chi connectivity index (χ2n) is 6.42. The van der Waals surface area contributed by atoms with Crippen LogP contribution in [0.2, 0.25) is 0 Å². The van der Waals surface area contributed by atoms with Gasteiger partial charge in [-0.1, -0.05) is 42.0 Å². The fourth-order valence-corrected chi connectivity index (χ4v) is 4.75. The molecule has 134 valence electrons. The third-order valence-electron chi connectivity index (χ3n) is 4.69. The molecule has 1 aliphatic carbocycles. The molecular formula is C21H15NO4S. The van der Waals surface area contributed by atoms with E-state index < -0.39 is 21.4 Å². The van der Waals surface area contributed by atoms with E-state index in [9.17, 15) is 18.0 Å². The average molecular weight is 377 g/mol. The number of hydrogen-bond acceptors (Lipinski definition) is 5. The Balaban J connectivity index is 2.02. The second-order valence-corrected chi connectivity index (χ2v) is 8.34. The molecule has 3 aromatic carbocycles. The van der Waals surface area contributed by atoms with E-state index in [0.29, 0.717) is 0 Å². The van der Waals surface area contributed by atoms with E-state index in [1.807, 2.05) is 6.92 Å². The molecule has 0 atom stereocenters. The number of nitrogens with two attached hydrogens (primary N) is 1. The number of nitrogen functional groups attached to an aromatic ring is 1. The molecule has 0 saturated heterocycles. The van der Waals surface area contributed by atoms with Gasteiger partial charge in [-0.3, -0.25) is 9.59 Å². The van der Waals surface area contributed by atoms with Crippen LogP contribution in [0, 0.1) is 6.92 Å². The van der Waals surface area contributed by atoms with Crippen LogP contribution in [0.3, 0.4) is 0 Å². The van der Waals surface area contributed by atoms with Crippen molar-refractivity contribution in [3.8, 4) is 0 Å². The maximum Gasteiger partial charge on any atom is 0.207 e. The highest BCUT2D eigenvalue weighted by Crippen LogP contribution is 2.36. The average Bonchev–Trinajstić information content (AvgIpc) is 2.66. The molecule has 0 bridgehead atoms. The highest BCUT2D eigenvalue weighted by atomic mass is 32.2. The summed E-state index contributed by atoms with van der Waals surface area (Å²) in [4.78, 5) is 25.8. The number of carbonyl (C=O) groups is 2. The number of ketones is 2. The number of anilines is 1. The van der Waals surface area contributed by atoms with Crippen molar-refractivity contribution in [1.29, 1.82) is 0 Å². The Bertz CT molecular complexity index is 1230. The zero-order valence-electron chi connectivity index (χ0n) is 14.4. The standard InChI is InChI=1S/C21H15NO4S/c1-12-6-8-13(9-7-12)27(25,26)17-11-10-16(22)18-19(17)21(24)15-5-3-2-4-14(15)20(18)23/h2-11H,22H2,1H3. The Morgan fingerprint density at radius 3 is 1.89 bits per heavy atom. The van der Waals surface area contributed by atoms with Crippen LogP contribution < -0.4 is 5.73 Å². The number of sulfone groups is 1. The SMILES string of the molecule is Cc1ccc(S(=O)(=O)c2ccc(N)c3c2C(=O)c2ccccc2C3=O)cc1. The summed E-state index contributed by atoms with van der Waals surface area (Å²) in [5.41, 5.74) is 7.16. The Hall–Kier alpha value is -3.25. The first-order valence-corrected chi connectivity index (χ1v) is 9.73. The van der Waals surface area contributed by atoms with Gasteiger partial charge in [0.25, 0.3) is 0 Å². The molecule has 0 radical (unpaired) electrons. The van der Waals surface area contributed by atoms with Gasteiger partial charge in [-0.2, -0.15) is 0 Å². The van der Waals surface area contributed by atoms with Crippen LogP contribution in [0.1, 0.15) is 37.4 Å². The van der Waals surface area contributed by atoms with Crippen molar-refractivity contribution in [1.82, 2.24) is 0 Å². The lowest BCUT2D eigenvalue weighted by Crippen LogP contribution is -2.25. The largest absolute Gasteiger partial charge is 0.398 e. The van der Waals surface area contributed by atoms with E-state index in [1.165, 1.54) is 30.3 Å². The first kappa shape index (κ1) is 17.2. The molecule has 0 heterocycles. The summed E-state index contributed by atoms with van der Waals surface area (Å²) < 4.78 is 26.4. The molecule has 0 saturated carbocycles. The Morgan fingerprint density at radius 2 is 1.30 bits per heavy atom. The summed E-state index contributed by atoms with van der Waals surface area (Å²) in [5.74, 6) is -0.961. The van der Waals surface area contributed by atoms with Crippen molar-refractivity contribution in [3.63, 3.8) is 0 Å². The van der Waals surface area contributed by atoms with E-state index >= 15 is 0 Å². The fourth-order valence-electron chi connectivity index (χ4n) is 3.29. The van der Waals surface area contributed by atoms with E-state index in [4.69, 9.17) is 5.73 Å². The number of benzene rings is 3. The van der Waals surface area contributed by atoms with Gasteiger partial charge in [0, 0.05) is 16.8 Å². The Morgan fingerprint density at radius 1 is 0.741 bits per heavy atom. The van der Waals surface area contributed by atoms with Crippen LogP contribution in [-0.2, 0) is 9.84 Å². The van der Waals surface area contributed by atoms with E-state index in [2.05, 4.69) is 0 Å². The van der Waals surface area contributed by atoms with Crippen molar-refractivity contribution in [2.45, 2.75) is 16.7 Å². The van der Waals surface area contributed by atoms with E-state index in [-0.39, 0.29) is 37.7 Å². The van der Waals surface area contributed by atoms with Crippen LogP contribution in [0.4, 0.5) is 5.69 Å². The second kappa shape index (κ2) is 5.89. The van der Waals surface area contributed by atoms with Gasteiger partial charge < -0.3 is 5.73 Å². The van der Waals surface area contributed by atoms with Crippen molar-refractivity contribution >= 4 is 27.1 Å². The van der Waals surface area contributed by atoms with Crippen LogP contribution in [0.5, 0.6) is 0 Å². The summed E-state index contributed by atoms with van der Waals surface area (Å²) in [6.45, 7) is 1.85. The molecule has 0 fully saturated rings. The number of fused-ring (bicyclic) bond motifs is 2. The predicted octanol–water partition coefficient (Wildman–Crippen LogP) is 3.19. The number of aryl methyl sites for hydroxylation is 1. The van der Waals surface area contributed by atoms with Crippen molar-refractivity contribution < 1.29 is 18.0 Å². The normalized spacial score (nSPS) is 13.2. The first-order valence-electron chi connectivity index (χ1n) is 8.25. The smallest absolute Gasteiger partial charge is 0.207 e. The number of carbonyl (C=O) groups excluding carboxylic acids is 2. The third kappa shape index (κ3) is 2.49. The summed E-state index contributed by atoms with van der Waals surface area (Å²) in [6.07, 6.45) is 0. The zero-order chi connectivity index (χ0) is 19.3. The quantitative estimate of drug-likeness (QED) is 0.542. The van der Waals surface area contributed by atoms with E-state index in [0.717, 1.165) is 5.56 Å². The zero-order valence-corrected chi connectivity index (χ0v) is 15.2. The monoisotopic (exact) mass is 377 g/mol. The van der Waals surface area contributed by atoms with Crippen molar-refractivity contribution in [3.05, 3.63) is 88.5 Å². The highest BCUT2D eigenvalue weighted by molar-refractivity contribution is 7.91. The van der Waals surface area contributed by atoms with Crippen molar-refractivity contribution in [2.75, 3.05) is 5.73 Å². The Labute approximate surface area is 156 Å². The lowest BCUT2D eigenvalue weighted by atomic mass is 9.83. The molecule has 1 aliphatic rings. The molecule has 0 amide bonds. The summed E-state index contributed by atoms with van der Waals surface area (Å²) in [5, 5.41) is 0. The van der Waals surface area contributed by atoms with Crippen LogP contribution in [-0.4, -0.2) is 20.0 Å². The molecule has 5 nitrogen and oxygen atoms in total. The summed E-state index contributed by atoms with van der Waals surface area (Å²) in [7, 11) is -4.00. The lowest BCUT2D eigenvalue weighted by molar-refractivity contribution is 0.0977. The van der Waals surface area contributed by atoms with Gasteiger partial charge in [0.2, 0.25) is 9.84 Å². The molecule has 27 heavy (non-hydrogen) atoms. The molecule has 0 aromatic heterocycles. The van der Waals surface area contributed by atoms with Gasteiger partial charge in [-0.15, -0.1) is 0 Å². The van der Waals surface area contributed by atoms with Gasteiger partial charge in [0.15, 0.2) is 11.6 Å².